The van der Waals surface area contributed by atoms with Crippen molar-refractivity contribution in [2.45, 2.75) is 148 Å². The lowest BCUT2D eigenvalue weighted by Crippen LogP contribution is -2.22. The van der Waals surface area contributed by atoms with Crippen molar-refractivity contribution in [1.29, 1.82) is 0 Å². The Morgan fingerprint density at radius 1 is 0.659 bits per heavy atom. The smallest absolute Gasteiger partial charge is 0.264 e. The summed E-state index contributed by atoms with van der Waals surface area (Å²) in [5, 5.41) is 0. The highest BCUT2D eigenvalue weighted by Gasteiger charge is 2.15. The van der Waals surface area contributed by atoms with Crippen molar-refractivity contribution < 1.29 is 22.1 Å². The van der Waals surface area contributed by atoms with Crippen molar-refractivity contribution in [2.24, 2.45) is 0 Å². The quantitative estimate of drug-likeness (QED) is 0.0488. The first-order valence-corrected chi connectivity index (χ1v) is 19.3. The van der Waals surface area contributed by atoms with Crippen LogP contribution in [0.2, 0.25) is 0 Å². The molecule has 0 amide bonds. The maximum Gasteiger partial charge on any atom is 0.264 e. The van der Waals surface area contributed by atoms with Gasteiger partial charge in [-0.2, -0.15) is 8.42 Å². The van der Waals surface area contributed by atoms with E-state index in [4.69, 9.17) is 13.7 Å². The molecular formula is C38H64O5S. The van der Waals surface area contributed by atoms with E-state index in [2.05, 4.69) is 79.8 Å². The summed E-state index contributed by atoms with van der Waals surface area (Å²) in [5.74, 6) is 0. The zero-order chi connectivity index (χ0) is 31.8. The minimum absolute atomic E-state index is 0.0323. The highest BCUT2D eigenvalue weighted by atomic mass is 32.2. The van der Waals surface area contributed by atoms with E-state index in [9.17, 15) is 8.42 Å². The number of unbranched alkanes of at least 4 members (excludes halogenated alkanes) is 7. The van der Waals surface area contributed by atoms with Crippen LogP contribution in [0.4, 0.5) is 0 Å². The van der Waals surface area contributed by atoms with Gasteiger partial charge in [0.25, 0.3) is 10.1 Å². The van der Waals surface area contributed by atoms with Gasteiger partial charge in [-0.15, -0.1) is 0 Å². The monoisotopic (exact) mass is 632 g/mol. The first kappa shape index (κ1) is 40.3. The van der Waals surface area contributed by atoms with Crippen LogP contribution in [0.15, 0.2) is 72.9 Å². The Morgan fingerprint density at radius 3 is 1.66 bits per heavy atom. The second-order valence-corrected chi connectivity index (χ2v) is 13.3. The molecular weight excluding hydrogens is 568 g/mol. The average Bonchev–Trinajstić information content (AvgIpc) is 3.00. The van der Waals surface area contributed by atoms with E-state index in [0.717, 1.165) is 109 Å². The minimum Gasteiger partial charge on any atom is -0.353 e. The van der Waals surface area contributed by atoms with E-state index in [1.165, 1.54) is 38.5 Å². The third kappa shape index (κ3) is 29.0. The normalized spacial score (nSPS) is 17.5. The van der Waals surface area contributed by atoms with Crippen LogP contribution in [0.3, 0.4) is 0 Å². The summed E-state index contributed by atoms with van der Waals surface area (Å²) in [6.45, 7) is 3.81. The van der Waals surface area contributed by atoms with Crippen molar-refractivity contribution in [1.82, 2.24) is 0 Å². The number of ether oxygens (including phenoxy) is 2. The molecule has 252 valence electrons. The molecule has 0 aromatic carbocycles. The van der Waals surface area contributed by atoms with Crippen LogP contribution >= 0.6 is 0 Å². The van der Waals surface area contributed by atoms with Crippen molar-refractivity contribution >= 4 is 10.1 Å². The Morgan fingerprint density at radius 2 is 1.16 bits per heavy atom. The average molecular weight is 633 g/mol. The van der Waals surface area contributed by atoms with E-state index in [-0.39, 0.29) is 12.4 Å². The summed E-state index contributed by atoms with van der Waals surface area (Å²) in [5.41, 5.74) is 0. The molecule has 5 nitrogen and oxygen atoms in total. The minimum atomic E-state index is -3.44. The van der Waals surface area contributed by atoms with Crippen LogP contribution in [0.25, 0.3) is 0 Å². The summed E-state index contributed by atoms with van der Waals surface area (Å²) in [6.07, 6.45) is 48.5. The lowest BCUT2D eigenvalue weighted by molar-refractivity contribution is -0.162. The van der Waals surface area contributed by atoms with E-state index >= 15 is 0 Å². The predicted molar refractivity (Wildman–Crippen MR) is 188 cm³/mol. The molecule has 2 atom stereocenters. The molecule has 2 unspecified atom stereocenters. The van der Waals surface area contributed by atoms with Gasteiger partial charge in [-0.05, 0) is 83.5 Å². The molecule has 0 saturated carbocycles. The van der Waals surface area contributed by atoms with E-state index < -0.39 is 10.1 Å². The molecule has 1 heterocycles. The van der Waals surface area contributed by atoms with Gasteiger partial charge in [0.15, 0.2) is 6.29 Å². The molecule has 0 N–H and O–H groups in total. The summed E-state index contributed by atoms with van der Waals surface area (Å²) in [4.78, 5) is 0. The summed E-state index contributed by atoms with van der Waals surface area (Å²) >= 11 is 0. The standard InChI is InChI=1S/C38H64O5S/c1-3-4-5-6-7-8-9-10-11-12-13-14-15-16-17-18-21-24-27-32-37(43-44(2,39)40)33-28-25-22-19-20-23-26-30-35-41-38-34-29-31-36-42-38/h4-5,7-8,10-11,13-14,16-17,21,24,37-38H,3,6,9,12,15,18-20,22-23,25-36H2,1-2H3/b5-4-,8-7-,11-10-,14-13-,17-16-,24-21-. The van der Waals surface area contributed by atoms with Crippen LogP contribution in [-0.4, -0.2) is 40.3 Å². The lowest BCUT2D eigenvalue weighted by Gasteiger charge is -2.22. The number of allylic oxidation sites excluding steroid dienone is 12. The maximum absolute atomic E-state index is 11.7. The fourth-order valence-corrected chi connectivity index (χ4v) is 5.69. The molecule has 0 radical (unpaired) electrons. The summed E-state index contributed by atoms with van der Waals surface area (Å²) in [7, 11) is -3.44. The Bertz CT molecular complexity index is 923. The van der Waals surface area contributed by atoms with Crippen LogP contribution in [0.1, 0.15) is 135 Å². The van der Waals surface area contributed by atoms with Crippen molar-refractivity contribution in [3.63, 3.8) is 0 Å². The predicted octanol–water partition coefficient (Wildman–Crippen LogP) is 10.9. The van der Waals surface area contributed by atoms with Crippen LogP contribution in [-0.2, 0) is 23.8 Å². The van der Waals surface area contributed by atoms with Crippen LogP contribution < -0.4 is 0 Å². The van der Waals surface area contributed by atoms with Gasteiger partial charge in [0, 0.05) is 13.2 Å². The second kappa shape index (κ2) is 30.0. The zero-order valence-electron chi connectivity index (χ0n) is 28.1. The second-order valence-electron chi connectivity index (χ2n) is 11.7. The molecule has 1 saturated heterocycles. The number of rotatable bonds is 28. The van der Waals surface area contributed by atoms with E-state index in [0.29, 0.717) is 0 Å². The molecule has 1 rings (SSSR count). The topological polar surface area (TPSA) is 61.8 Å². The number of hydrogen-bond acceptors (Lipinski definition) is 5. The molecule has 0 aromatic rings. The van der Waals surface area contributed by atoms with Gasteiger partial charge < -0.3 is 9.47 Å². The molecule has 1 fully saturated rings. The molecule has 1 aliphatic rings. The first-order chi connectivity index (χ1) is 21.5. The molecule has 0 spiro atoms. The first-order valence-electron chi connectivity index (χ1n) is 17.5. The van der Waals surface area contributed by atoms with Gasteiger partial charge in [-0.25, -0.2) is 0 Å². The molecule has 44 heavy (non-hydrogen) atoms. The Labute approximate surface area is 271 Å². The molecule has 6 heteroatoms. The Hall–Kier alpha value is -1.73. The fourth-order valence-electron chi connectivity index (χ4n) is 5.00. The van der Waals surface area contributed by atoms with Gasteiger partial charge in [0.1, 0.15) is 0 Å². The Kier molecular flexibility index (Phi) is 27.4. The Balaban J connectivity index is 2.04. The third-order valence-electron chi connectivity index (χ3n) is 7.42. The van der Waals surface area contributed by atoms with Gasteiger partial charge in [0.05, 0.1) is 12.4 Å². The van der Waals surface area contributed by atoms with E-state index in [1.807, 2.05) is 0 Å². The van der Waals surface area contributed by atoms with E-state index in [1.54, 1.807) is 0 Å². The SMILES string of the molecule is CC/C=C\C/C=C\C/C=C\C/C=C\C/C=C\C/C=C\CCC(CCCCCCCCCCOC1CCCCO1)OS(C)(=O)=O. The summed E-state index contributed by atoms with van der Waals surface area (Å²) in [6, 6.07) is 0. The molecule has 1 aliphatic heterocycles. The maximum atomic E-state index is 11.7. The lowest BCUT2D eigenvalue weighted by atomic mass is 10.0. The van der Waals surface area contributed by atoms with Gasteiger partial charge in [-0.1, -0.05) is 125 Å². The summed E-state index contributed by atoms with van der Waals surface area (Å²) < 4.78 is 40.3. The molecule has 0 aliphatic carbocycles. The third-order valence-corrected chi connectivity index (χ3v) is 8.05. The zero-order valence-corrected chi connectivity index (χ0v) is 28.9. The van der Waals surface area contributed by atoms with Gasteiger partial charge in [0.2, 0.25) is 0 Å². The molecule has 0 bridgehead atoms. The van der Waals surface area contributed by atoms with Gasteiger partial charge in [-0.3, -0.25) is 4.18 Å². The van der Waals surface area contributed by atoms with Crippen LogP contribution in [0, 0.1) is 0 Å². The fraction of sp³-hybridized carbons (Fsp3) is 0.684. The van der Waals surface area contributed by atoms with Crippen molar-refractivity contribution in [3.05, 3.63) is 72.9 Å². The highest BCUT2D eigenvalue weighted by molar-refractivity contribution is 7.86. The van der Waals surface area contributed by atoms with Crippen molar-refractivity contribution in [3.8, 4) is 0 Å². The van der Waals surface area contributed by atoms with Crippen molar-refractivity contribution in [2.75, 3.05) is 19.5 Å². The molecule has 0 aromatic heterocycles. The highest BCUT2D eigenvalue weighted by Crippen LogP contribution is 2.17. The number of hydrogen-bond donors (Lipinski definition) is 0. The van der Waals surface area contributed by atoms with Gasteiger partial charge >= 0.3 is 0 Å². The largest absolute Gasteiger partial charge is 0.353 e. The van der Waals surface area contributed by atoms with Crippen LogP contribution in [0.5, 0.6) is 0 Å².